The third-order valence-electron chi connectivity index (χ3n) is 2.89. The van der Waals surface area contributed by atoms with E-state index in [9.17, 15) is 0 Å². The predicted molar refractivity (Wildman–Crippen MR) is 72.3 cm³/mol. The van der Waals surface area contributed by atoms with Crippen molar-refractivity contribution in [1.29, 1.82) is 0 Å². The molecule has 4 N–H and O–H groups in total. The van der Waals surface area contributed by atoms with Crippen LogP contribution < -0.4 is 16.2 Å². The van der Waals surface area contributed by atoms with Gasteiger partial charge in [0.15, 0.2) is 0 Å². The van der Waals surface area contributed by atoms with Gasteiger partial charge < -0.3 is 16.2 Å². The molecule has 0 bridgehead atoms. The molecule has 0 saturated carbocycles. The van der Waals surface area contributed by atoms with E-state index in [1.165, 1.54) is 0 Å². The normalized spacial score (nSPS) is 12.1. The Morgan fingerprint density at radius 1 is 1.22 bits per heavy atom. The first-order chi connectivity index (χ1) is 8.70. The molecule has 0 amide bonds. The van der Waals surface area contributed by atoms with Gasteiger partial charge in [-0.2, -0.15) is 0 Å². The second-order valence-corrected chi connectivity index (χ2v) is 4.14. The summed E-state index contributed by atoms with van der Waals surface area (Å²) in [5.41, 5.74) is 14.0. The molecule has 0 aliphatic heterocycles. The van der Waals surface area contributed by atoms with E-state index in [2.05, 4.69) is 4.98 Å². The predicted octanol–water partition coefficient (Wildman–Crippen LogP) is 1.91. The summed E-state index contributed by atoms with van der Waals surface area (Å²) < 4.78 is 5.12. The lowest BCUT2D eigenvalue weighted by atomic mass is 10.0. The lowest BCUT2D eigenvalue weighted by Crippen LogP contribution is -2.15. The van der Waals surface area contributed by atoms with Crippen molar-refractivity contribution in [3.8, 4) is 5.75 Å². The highest BCUT2D eigenvalue weighted by Gasteiger charge is 2.10. The SMILES string of the molecule is COc1ccc(CC(N)c2cccnc2N)cc1. The lowest BCUT2D eigenvalue weighted by Gasteiger charge is -2.13. The van der Waals surface area contributed by atoms with Gasteiger partial charge >= 0.3 is 0 Å². The highest BCUT2D eigenvalue weighted by molar-refractivity contribution is 5.41. The van der Waals surface area contributed by atoms with Crippen molar-refractivity contribution in [2.75, 3.05) is 12.8 Å². The molecule has 2 rings (SSSR count). The van der Waals surface area contributed by atoms with E-state index >= 15 is 0 Å². The zero-order valence-corrected chi connectivity index (χ0v) is 10.3. The molecule has 18 heavy (non-hydrogen) atoms. The highest BCUT2D eigenvalue weighted by Crippen LogP contribution is 2.21. The molecule has 0 saturated heterocycles. The Kier molecular flexibility index (Phi) is 3.79. The number of nitrogens with two attached hydrogens (primary N) is 2. The van der Waals surface area contributed by atoms with Crippen molar-refractivity contribution >= 4 is 5.82 Å². The lowest BCUT2D eigenvalue weighted by molar-refractivity contribution is 0.414. The first-order valence-corrected chi connectivity index (χ1v) is 5.79. The Morgan fingerprint density at radius 2 is 1.94 bits per heavy atom. The Morgan fingerprint density at radius 3 is 2.56 bits per heavy atom. The van der Waals surface area contributed by atoms with Crippen LogP contribution in [0.4, 0.5) is 5.82 Å². The number of methoxy groups -OCH3 is 1. The molecule has 1 unspecified atom stereocenters. The number of ether oxygens (including phenoxy) is 1. The molecule has 1 aromatic carbocycles. The van der Waals surface area contributed by atoms with Gasteiger partial charge in [0.1, 0.15) is 11.6 Å². The topological polar surface area (TPSA) is 74.2 Å². The fourth-order valence-corrected chi connectivity index (χ4v) is 1.87. The number of nitrogen functional groups attached to an aromatic ring is 1. The van der Waals surface area contributed by atoms with Crippen LogP contribution >= 0.6 is 0 Å². The maximum absolute atomic E-state index is 6.15. The summed E-state index contributed by atoms with van der Waals surface area (Å²) in [6.07, 6.45) is 2.39. The molecule has 0 fully saturated rings. The smallest absolute Gasteiger partial charge is 0.128 e. The summed E-state index contributed by atoms with van der Waals surface area (Å²) in [4.78, 5) is 4.05. The van der Waals surface area contributed by atoms with Crippen molar-refractivity contribution in [3.05, 3.63) is 53.7 Å². The number of rotatable bonds is 4. The molecule has 1 aromatic heterocycles. The standard InChI is InChI=1S/C14H17N3O/c1-18-11-6-4-10(5-7-11)9-13(15)12-3-2-8-17-14(12)16/h2-8,13H,9,15H2,1H3,(H2,16,17). The van der Waals surface area contributed by atoms with Gasteiger partial charge in [0.25, 0.3) is 0 Å². The fourth-order valence-electron chi connectivity index (χ4n) is 1.87. The van der Waals surface area contributed by atoms with E-state index in [0.29, 0.717) is 5.82 Å². The zero-order valence-electron chi connectivity index (χ0n) is 10.3. The summed E-state index contributed by atoms with van der Waals surface area (Å²) in [6, 6.07) is 11.5. The molecule has 4 nitrogen and oxygen atoms in total. The quantitative estimate of drug-likeness (QED) is 0.860. The Balaban J connectivity index is 2.11. The van der Waals surface area contributed by atoms with E-state index in [4.69, 9.17) is 16.2 Å². The van der Waals surface area contributed by atoms with E-state index in [1.54, 1.807) is 13.3 Å². The van der Waals surface area contributed by atoms with E-state index in [1.807, 2.05) is 36.4 Å². The van der Waals surface area contributed by atoms with Gasteiger partial charge in [-0.05, 0) is 30.2 Å². The van der Waals surface area contributed by atoms with Crippen LogP contribution in [0.25, 0.3) is 0 Å². The highest BCUT2D eigenvalue weighted by atomic mass is 16.5. The van der Waals surface area contributed by atoms with Crippen LogP contribution in [0.3, 0.4) is 0 Å². The minimum atomic E-state index is -0.146. The maximum Gasteiger partial charge on any atom is 0.128 e. The third kappa shape index (κ3) is 2.78. The van der Waals surface area contributed by atoms with Gasteiger partial charge in [0.05, 0.1) is 7.11 Å². The minimum Gasteiger partial charge on any atom is -0.497 e. The molecule has 0 radical (unpaired) electrons. The molecule has 1 heterocycles. The van der Waals surface area contributed by atoms with Crippen LogP contribution in [0.2, 0.25) is 0 Å². The van der Waals surface area contributed by atoms with Crippen molar-refractivity contribution in [2.24, 2.45) is 5.73 Å². The van der Waals surface area contributed by atoms with E-state index in [-0.39, 0.29) is 6.04 Å². The molecule has 94 valence electrons. The number of hydrogen-bond donors (Lipinski definition) is 2. The van der Waals surface area contributed by atoms with Crippen LogP contribution in [-0.4, -0.2) is 12.1 Å². The van der Waals surface area contributed by atoms with Crippen molar-refractivity contribution in [2.45, 2.75) is 12.5 Å². The second kappa shape index (κ2) is 5.51. The number of aromatic nitrogens is 1. The van der Waals surface area contributed by atoms with Gasteiger partial charge in [-0.25, -0.2) is 4.98 Å². The molecular weight excluding hydrogens is 226 g/mol. The van der Waals surface area contributed by atoms with Gasteiger partial charge in [-0.1, -0.05) is 18.2 Å². The summed E-state index contributed by atoms with van der Waals surface area (Å²) >= 11 is 0. The van der Waals surface area contributed by atoms with E-state index < -0.39 is 0 Å². The van der Waals surface area contributed by atoms with Crippen molar-refractivity contribution < 1.29 is 4.74 Å². The van der Waals surface area contributed by atoms with Crippen molar-refractivity contribution in [1.82, 2.24) is 4.98 Å². The number of nitrogens with zero attached hydrogens (tertiary/aromatic N) is 1. The maximum atomic E-state index is 6.15. The summed E-state index contributed by atoms with van der Waals surface area (Å²) in [5.74, 6) is 1.34. The third-order valence-corrected chi connectivity index (χ3v) is 2.89. The Bertz CT molecular complexity index is 511. The van der Waals surface area contributed by atoms with Gasteiger partial charge in [0.2, 0.25) is 0 Å². The Labute approximate surface area is 107 Å². The monoisotopic (exact) mass is 243 g/mol. The van der Waals surface area contributed by atoms with Crippen LogP contribution in [0.5, 0.6) is 5.75 Å². The van der Waals surface area contributed by atoms with Crippen LogP contribution in [0.15, 0.2) is 42.6 Å². The van der Waals surface area contributed by atoms with Crippen LogP contribution in [-0.2, 0) is 6.42 Å². The molecular formula is C14H17N3O. The van der Waals surface area contributed by atoms with Crippen molar-refractivity contribution in [3.63, 3.8) is 0 Å². The average Bonchev–Trinajstić information content (AvgIpc) is 2.40. The molecule has 2 aromatic rings. The largest absolute Gasteiger partial charge is 0.497 e. The van der Waals surface area contributed by atoms with Gasteiger partial charge in [-0.15, -0.1) is 0 Å². The molecule has 0 aliphatic rings. The number of anilines is 1. The second-order valence-electron chi connectivity index (χ2n) is 4.14. The number of hydrogen-bond acceptors (Lipinski definition) is 4. The summed E-state index contributed by atoms with van der Waals surface area (Å²) in [6.45, 7) is 0. The zero-order chi connectivity index (χ0) is 13.0. The number of pyridine rings is 1. The summed E-state index contributed by atoms with van der Waals surface area (Å²) in [5, 5.41) is 0. The van der Waals surface area contributed by atoms with Gasteiger partial charge in [0, 0.05) is 17.8 Å². The first-order valence-electron chi connectivity index (χ1n) is 5.79. The Hall–Kier alpha value is -2.07. The average molecular weight is 243 g/mol. The van der Waals surface area contributed by atoms with E-state index in [0.717, 1.165) is 23.3 Å². The molecule has 4 heteroatoms. The molecule has 0 aliphatic carbocycles. The molecule has 0 spiro atoms. The number of benzene rings is 1. The first kappa shape index (κ1) is 12.4. The fraction of sp³-hybridized carbons (Fsp3) is 0.214. The van der Waals surface area contributed by atoms with Gasteiger partial charge in [-0.3, -0.25) is 0 Å². The molecule has 1 atom stereocenters. The minimum absolute atomic E-state index is 0.146. The van der Waals surface area contributed by atoms with Crippen LogP contribution in [0.1, 0.15) is 17.2 Å². The summed E-state index contributed by atoms with van der Waals surface area (Å²) in [7, 11) is 1.65. The van der Waals surface area contributed by atoms with Crippen LogP contribution in [0, 0.1) is 0 Å².